The standard InChI is InChI=1S/C10H8ClN3O3S/c11-18(16,17)9-2-10(15)14(6-9)8-1-7(3-12)4-13-5-8/h1,4-5,9H,2,6H2. The molecule has 18 heavy (non-hydrogen) atoms. The number of nitriles is 1. The van der Waals surface area contributed by atoms with Crippen LogP contribution in [0.15, 0.2) is 18.5 Å². The molecule has 0 aliphatic carbocycles. The first-order valence-electron chi connectivity index (χ1n) is 5.01. The van der Waals surface area contributed by atoms with E-state index in [0.717, 1.165) is 0 Å². The highest BCUT2D eigenvalue weighted by Gasteiger charge is 2.38. The molecule has 1 aromatic rings. The Morgan fingerprint density at radius 1 is 1.50 bits per heavy atom. The molecule has 0 spiro atoms. The van der Waals surface area contributed by atoms with Crippen LogP contribution in [0.1, 0.15) is 12.0 Å². The fourth-order valence-corrected chi connectivity index (χ4v) is 2.78. The molecule has 1 amide bonds. The lowest BCUT2D eigenvalue weighted by molar-refractivity contribution is -0.117. The first-order chi connectivity index (χ1) is 8.41. The van der Waals surface area contributed by atoms with E-state index in [-0.39, 0.29) is 18.9 Å². The Kier molecular flexibility index (Phi) is 3.24. The Hall–Kier alpha value is -1.65. The van der Waals surface area contributed by atoms with Gasteiger partial charge in [-0.05, 0) is 6.07 Å². The van der Waals surface area contributed by atoms with Crippen LogP contribution in [0.4, 0.5) is 5.69 Å². The van der Waals surface area contributed by atoms with Gasteiger partial charge in [0.15, 0.2) is 0 Å². The maximum Gasteiger partial charge on any atom is 0.237 e. The molecule has 6 nitrogen and oxygen atoms in total. The van der Waals surface area contributed by atoms with Crippen molar-refractivity contribution >= 4 is 31.3 Å². The topological polar surface area (TPSA) is 91.1 Å². The number of pyridine rings is 1. The number of hydrogen-bond acceptors (Lipinski definition) is 5. The maximum atomic E-state index is 11.7. The first-order valence-corrected chi connectivity index (χ1v) is 7.38. The summed E-state index contributed by atoms with van der Waals surface area (Å²) in [5.41, 5.74) is 0.708. The quantitative estimate of drug-likeness (QED) is 0.743. The molecule has 1 saturated heterocycles. The minimum absolute atomic E-state index is 0.0127. The summed E-state index contributed by atoms with van der Waals surface area (Å²) < 4.78 is 22.4. The van der Waals surface area contributed by atoms with Gasteiger partial charge in [0.05, 0.1) is 17.4 Å². The first kappa shape index (κ1) is 12.8. The predicted molar refractivity (Wildman–Crippen MR) is 64.5 cm³/mol. The molecule has 2 rings (SSSR count). The molecule has 1 unspecified atom stereocenters. The van der Waals surface area contributed by atoms with Gasteiger partial charge in [-0.15, -0.1) is 0 Å². The number of anilines is 1. The molecule has 94 valence electrons. The molecule has 0 radical (unpaired) electrons. The molecule has 1 aliphatic heterocycles. The predicted octanol–water partition coefficient (Wildman–Crippen LogP) is 0.627. The molecule has 0 saturated carbocycles. The van der Waals surface area contributed by atoms with E-state index in [1.54, 1.807) is 0 Å². The Morgan fingerprint density at radius 2 is 2.22 bits per heavy atom. The van der Waals surface area contributed by atoms with Crippen molar-refractivity contribution in [3.05, 3.63) is 24.0 Å². The highest BCUT2D eigenvalue weighted by Crippen LogP contribution is 2.26. The van der Waals surface area contributed by atoms with Crippen molar-refractivity contribution in [3.8, 4) is 6.07 Å². The number of nitrogens with zero attached hydrogens (tertiary/aromatic N) is 3. The Labute approximate surface area is 108 Å². The van der Waals surface area contributed by atoms with E-state index >= 15 is 0 Å². The van der Waals surface area contributed by atoms with E-state index in [2.05, 4.69) is 4.98 Å². The van der Waals surface area contributed by atoms with Crippen LogP contribution in [0.3, 0.4) is 0 Å². The molecule has 0 bridgehead atoms. The van der Waals surface area contributed by atoms with E-state index in [1.807, 2.05) is 6.07 Å². The van der Waals surface area contributed by atoms with Gasteiger partial charge in [-0.25, -0.2) is 8.42 Å². The van der Waals surface area contributed by atoms with Crippen LogP contribution in [0.25, 0.3) is 0 Å². The average Bonchev–Trinajstić information content (AvgIpc) is 2.71. The third-order valence-corrected chi connectivity index (χ3v) is 4.52. The van der Waals surface area contributed by atoms with E-state index in [9.17, 15) is 13.2 Å². The molecular weight excluding hydrogens is 278 g/mol. The third-order valence-electron chi connectivity index (χ3n) is 2.65. The van der Waals surface area contributed by atoms with Crippen LogP contribution in [-0.2, 0) is 13.8 Å². The van der Waals surface area contributed by atoms with E-state index in [1.165, 1.54) is 23.4 Å². The number of hydrogen-bond donors (Lipinski definition) is 0. The average molecular weight is 286 g/mol. The number of aromatic nitrogens is 1. The molecule has 2 heterocycles. The number of halogens is 1. The lowest BCUT2D eigenvalue weighted by Gasteiger charge is -2.15. The molecule has 1 fully saturated rings. The Bertz CT molecular complexity index is 638. The van der Waals surface area contributed by atoms with Crippen LogP contribution < -0.4 is 4.90 Å². The van der Waals surface area contributed by atoms with Crippen molar-refractivity contribution < 1.29 is 13.2 Å². The fourth-order valence-electron chi connectivity index (χ4n) is 1.75. The smallest absolute Gasteiger partial charge is 0.237 e. The second-order valence-corrected chi connectivity index (χ2v) is 6.76. The lowest BCUT2D eigenvalue weighted by Crippen LogP contribution is -2.26. The summed E-state index contributed by atoms with van der Waals surface area (Å²) in [6, 6.07) is 3.38. The lowest BCUT2D eigenvalue weighted by atomic mass is 10.3. The minimum Gasteiger partial charge on any atom is -0.309 e. The summed E-state index contributed by atoms with van der Waals surface area (Å²) in [7, 11) is 1.47. The van der Waals surface area contributed by atoms with Crippen molar-refractivity contribution in [2.45, 2.75) is 11.7 Å². The fraction of sp³-hybridized carbons (Fsp3) is 0.300. The van der Waals surface area contributed by atoms with Crippen LogP contribution in [0.5, 0.6) is 0 Å². The van der Waals surface area contributed by atoms with Crippen LogP contribution in [-0.4, -0.2) is 31.1 Å². The summed E-state index contributed by atoms with van der Waals surface area (Å²) >= 11 is 0. The van der Waals surface area contributed by atoms with Gasteiger partial charge >= 0.3 is 0 Å². The summed E-state index contributed by atoms with van der Waals surface area (Å²) in [4.78, 5) is 16.8. The molecular formula is C10H8ClN3O3S. The van der Waals surface area contributed by atoms with Crippen LogP contribution in [0.2, 0.25) is 0 Å². The van der Waals surface area contributed by atoms with Gasteiger partial charge in [-0.2, -0.15) is 5.26 Å². The molecule has 1 atom stereocenters. The zero-order valence-corrected chi connectivity index (χ0v) is 10.6. The summed E-state index contributed by atoms with van der Waals surface area (Å²) in [6.45, 7) is -0.0127. The van der Waals surface area contributed by atoms with Crippen molar-refractivity contribution in [1.82, 2.24) is 4.98 Å². The summed E-state index contributed by atoms with van der Waals surface area (Å²) in [5, 5.41) is 7.82. The highest BCUT2D eigenvalue weighted by molar-refractivity contribution is 8.14. The number of carbonyl (C=O) groups excluding carboxylic acids is 1. The van der Waals surface area contributed by atoms with Gasteiger partial charge in [0, 0.05) is 29.8 Å². The zero-order valence-electron chi connectivity index (χ0n) is 9.08. The SMILES string of the molecule is N#Cc1cncc(N2CC(S(=O)(=O)Cl)CC2=O)c1. The van der Waals surface area contributed by atoms with Crippen molar-refractivity contribution in [2.24, 2.45) is 0 Å². The van der Waals surface area contributed by atoms with E-state index in [0.29, 0.717) is 11.3 Å². The zero-order chi connectivity index (χ0) is 13.3. The van der Waals surface area contributed by atoms with Gasteiger partial charge in [0.1, 0.15) is 11.3 Å². The molecule has 0 aromatic carbocycles. The normalized spacial score (nSPS) is 19.9. The van der Waals surface area contributed by atoms with Crippen LogP contribution in [0, 0.1) is 11.3 Å². The maximum absolute atomic E-state index is 11.7. The van der Waals surface area contributed by atoms with Crippen molar-refractivity contribution in [1.29, 1.82) is 5.26 Å². The monoisotopic (exact) mass is 285 g/mol. The van der Waals surface area contributed by atoms with E-state index < -0.39 is 14.3 Å². The summed E-state index contributed by atoms with van der Waals surface area (Å²) in [6.07, 6.45) is 2.62. The van der Waals surface area contributed by atoms with Gasteiger partial charge < -0.3 is 4.90 Å². The highest BCUT2D eigenvalue weighted by atomic mass is 35.7. The van der Waals surface area contributed by atoms with Gasteiger partial charge in [-0.1, -0.05) is 0 Å². The van der Waals surface area contributed by atoms with Crippen LogP contribution >= 0.6 is 10.7 Å². The minimum atomic E-state index is -3.77. The number of carbonyl (C=O) groups is 1. The number of amides is 1. The van der Waals surface area contributed by atoms with Crippen molar-refractivity contribution in [3.63, 3.8) is 0 Å². The van der Waals surface area contributed by atoms with Gasteiger partial charge in [0.2, 0.25) is 15.0 Å². The second-order valence-electron chi connectivity index (χ2n) is 3.85. The Balaban J connectivity index is 2.30. The van der Waals surface area contributed by atoms with Crippen molar-refractivity contribution in [2.75, 3.05) is 11.4 Å². The number of rotatable bonds is 2. The third kappa shape index (κ3) is 2.44. The second kappa shape index (κ2) is 4.55. The molecule has 1 aromatic heterocycles. The Morgan fingerprint density at radius 3 is 2.78 bits per heavy atom. The molecule has 0 N–H and O–H groups in total. The largest absolute Gasteiger partial charge is 0.309 e. The molecule has 1 aliphatic rings. The van der Waals surface area contributed by atoms with Gasteiger partial charge in [0.25, 0.3) is 0 Å². The van der Waals surface area contributed by atoms with E-state index in [4.69, 9.17) is 15.9 Å². The molecule has 8 heteroatoms. The van der Waals surface area contributed by atoms with Gasteiger partial charge in [-0.3, -0.25) is 9.78 Å². The summed E-state index contributed by atoms with van der Waals surface area (Å²) in [5.74, 6) is -0.346.